The topological polar surface area (TPSA) is 21.3 Å². The second-order valence-corrected chi connectivity index (χ2v) is 6.56. The lowest BCUT2D eigenvalue weighted by atomic mass is 9.77. The summed E-state index contributed by atoms with van der Waals surface area (Å²) in [6.07, 6.45) is 6.91. The SMILES string of the molecule is CCNC(c1cc(OC)cs1)C1CCC(CC)CC1. The first-order chi connectivity index (χ1) is 9.28. The molecular weight excluding hydrogens is 254 g/mol. The van der Waals surface area contributed by atoms with Crippen LogP contribution in [0.5, 0.6) is 5.75 Å². The summed E-state index contributed by atoms with van der Waals surface area (Å²) in [5, 5.41) is 5.82. The van der Waals surface area contributed by atoms with Crippen molar-refractivity contribution in [3.63, 3.8) is 0 Å². The summed E-state index contributed by atoms with van der Waals surface area (Å²) in [6.45, 7) is 5.57. The highest BCUT2D eigenvalue weighted by atomic mass is 32.1. The third kappa shape index (κ3) is 3.73. The molecule has 0 amide bonds. The highest BCUT2D eigenvalue weighted by molar-refractivity contribution is 7.10. The van der Waals surface area contributed by atoms with Gasteiger partial charge in [-0.15, -0.1) is 11.3 Å². The van der Waals surface area contributed by atoms with Crippen molar-refractivity contribution in [3.05, 3.63) is 16.3 Å². The first kappa shape index (κ1) is 14.9. The minimum absolute atomic E-state index is 0.525. The molecule has 0 bridgehead atoms. The average molecular weight is 281 g/mol. The Labute approximate surface area is 121 Å². The van der Waals surface area contributed by atoms with Crippen LogP contribution in [-0.4, -0.2) is 13.7 Å². The molecule has 1 aliphatic rings. The highest BCUT2D eigenvalue weighted by Crippen LogP contribution is 2.40. The number of nitrogens with one attached hydrogen (secondary N) is 1. The molecule has 1 fully saturated rings. The van der Waals surface area contributed by atoms with E-state index in [0.29, 0.717) is 6.04 Å². The highest BCUT2D eigenvalue weighted by Gasteiger charge is 2.28. The van der Waals surface area contributed by atoms with Gasteiger partial charge in [0.1, 0.15) is 5.75 Å². The van der Waals surface area contributed by atoms with Gasteiger partial charge in [0.05, 0.1) is 7.11 Å². The van der Waals surface area contributed by atoms with Crippen LogP contribution < -0.4 is 10.1 Å². The van der Waals surface area contributed by atoms with Crippen LogP contribution in [0.25, 0.3) is 0 Å². The van der Waals surface area contributed by atoms with E-state index >= 15 is 0 Å². The molecule has 19 heavy (non-hydrogen) atoms. The Morgan fingerprint density at radius 2 is 2.05 bits per heavy atom. The minimum atomic E-state index is 0.525. The minimum Gasteiger partial charge on any atom is -0.496 e. The second-order valence-electron chi connectivity index (χ2n) is 5.61. The molecule has 108 valence electrons. The number of ether oxygens (including phenoxy) is 1. The summed E-state index contributed by atoms with van der Waals surface area (Å²) < 4.78 is 5.33. The summed E-state index contributed by atoms with van der Waals surface area (Å²) >= 11 is 1.83. The van der Waals surface area contributed by atoms with Crippen LogP contribution >= 0.6 is 11.3 Å². The number of hydrogen-bond acceptors (Lipinski definition) is 3. The zero-order chi connectivity index (χ0) is 13.7. The van der Waals surface area contributed by atoms with Crippen molar-refractivity contribution in [2.75, 3.05) is 13.7 Å². The van der Waals surface area contributed by atoms with E-state index < -0.39 is 0 Å². The quantitative estimate of drug-likeness (QED) is 0.821. The van der Waals surface area contributed by atoms with Crippen LogP contribution in [-0.2, 0) is 0 Å². The number of hydrogen-bond donors (Lipinski definition) is 1. The van der Waals surface area contributed by atoms with Gasteiger partial charge in [-0.2, -0.15) is 0 Å². The molecule has 1 heterocycles. The van der Waals surface area contributed by atoms with Gasteiger partial charge >= 0.3 is 0 Å². The zero-order valence-corrected chi connectivity index (χ0v) is 13.3. The summed E-state index contributed by atoms with van der Waals surface area (Å²) in [5.41, 5.74) is 0. The van der Waals surface area contributed by atoms with Crippen LogP contribution in [0.4, 0.5) is 0 Å². The van der Waals surface area contributed by atoms with Crippen molar-refractivity contribution < 1.29 is 4.74 Å². The van der Waals surface area contributed by atoms with Crippen LogP contribution in [0, 0.1) is 11.8 Å². The molecular formula is C16H27NOS. The van der Waals surface area contributed by atoms with E-state index in [-0.39, 0.29) is 0 Å². The van der Waals surface area contributed by atoms with E-state index in [4.69, 9.17) is 4.74 Å². The lowest BCUT2D eigenvalue weighted by Crippen LogP contribution is -2.30. The molecule has 0 radical (unpaired) electrons. The predicted octanol–water partition coefficient (Wildman–Crippen LogP) is 4.62. The lowest BCUT2D eigenvalue weighted by molar-refractivity contribution is 0.222. The summed E-state index contributed by atoms with van der Waals surface area (Å²) in [7, 11) is 1.75. The van der Waals surface area contributed by atoms with Crippen LogP contribution in [0.15, 0.2) is 11.4 Å². The Balaban J connectivity index is 2.03. The molecule has 0 aliphatic heterocycles. The van der Waals surface area contributed by atoms with Gasteiger partial charge in [-0.25, -0.2) is 0 Å². The Hall–Kier alpha value is -0.540. The molecule has 1 atom stereocenters. The van der Waals surface area contributed by atoms with E-state index in [1.165, 1.54) is 37.0 Å². The number of methoxy groups -OCH3 is 1. The third-order valence-corrected chi connectivity index (χ3v) is 5.50. The monoisotopic (exact) mass is 281 g/mol. The summed E-state index contributed by atoms with van der Waals surface area (Å²) in [4.78, 5) is 1.44. The standard InChI is InChI=1S/C16H27NOS/c1-4-12-6-8-13(9-7-12)16(17-5-2)15-10-14(18-3)11-19-15/h10-13,16-17H,4-9H2,1-3H3. The molecule has 1 unspecified atom stereocenters. The van der Waals surface area contributed by atoms with E-state index in [9.17, 15) is 0 Å². The van der Waals surface area contributed by atoms with Gasteiger partial charge < -0.3 is 10.1 Å². The smallest absolute Gasteiger partial charge is 0.129 e. The van der Waals surface area contributed by atoms with Crippen molar-refractivity contribution in [2.24, 2.45) is 11.8 Å². The fourth-order valence-corrected chi connectivity index (χ4v) is 4.28. The lowest BCUT2D eigenvalue weighted by Gasteiger charge is -2.33. The van der Waals surface area contributed by atoms with Gasteiger partial charge in [-0.1, -0.05) is 33.1 Å². The van der Waals surface area contributed by atoms with Crippen molar-refractivity contribution in [1.82, 2.24) is 5.32 Å². The third-order valence-electron chi connectivity index (χ3n) is 4.50. The molecule has 1 aromatic rings. The van der Waals surface area contributed by atoms with E-state index in [2.05, 4.69) is 30.6 Å². The van der Waals surface area contributed by atoms with Crippen molar-refractivity contribution in [2.45, 2.75) is 52.0 Å². The van der Waals surface area contributed by atoms with Crippen molar-refractivity contribution in [1.29, 1.82) is 0 Å². The Kier molecular flexibility index (Phi) is 5.71. The van der Waals surface area contributed by atoms with E-state index in [1.54, 1.807) is 7.11 Å². The molecule has 0 saturated heterocycles. The van der Waals surface area contributed by atoms with E-state index in [1.807, 2.05) is 11.3 Å². The maximum Gasteiger partial charge on any atom is 0.129 e. The molecule has 2 nitrogen and oxygen atoms in total. The normalized spacial score (nSPS) is 25.2. The van der Waals surface area contributed by atoms with Crippen molar-refractivity contribution in [3.8, 4) is 5.75 Å². The maximum absolute atomic E-state index is 5.33. The Morgan fingerprint density at radius 1 is 1.32 bits per heavy atom. The zero-order valence-electron chi connectivity index (χ0n) is 12.4. The van der Waals surface area contributed by atoms with Gasteiger partial charge in [0.2, 0.25) is 0 Å². The first-order valence-corrected chi connectivity index (χ1v) is 8.52. The van der Waals surface area contributed by atoms with Gasteiger partial charge in [-0.05, 0) is 37.3 Å². The van der Waals surface area contributed by atoms with Gasteiger partial charge in [-0.3, -0.25) is 0 Å². The first-order valence-electron chi connectivity index (χ1n) is 7.64. The van der Waals surface area contributed by atoms with Crippen LogP contribution in [0.2, 0.25) is 0 Å². The largest absolute Gasteiger partial charge is 0.496 e. The fraction of sp³-hybridized carbons (Fsp3) is 0.750. The molecule has 1 aliphatic carbocycles. The van der Waals surface area contributed by atoms with E-state index in [0.717, 1.165) is 24.1 Å². The summed E-state index contributed by atoms with van der Waals surface area (Å²) in [6, 6.07) is 2.74. The van der Waals surface area contributed by atoms with Crippen molar-refractivity contribution >= 4 is 11.3 Å². The Bertz CT molecular complexity index is 369. The van der Waals surface area contributed by atoms with Crippen LogP contribution in [0.1, 0.15) is 56.9 Å². The second kappa shape index (κ2) is 7.30. The molecule has 1 aromatic heterocycles. The average Bonchev–Trinajstić information content (AvgIpc) is 2.93. The molecule has 0 spiro atoms. The molecule has 3 heteroatoms. The number of rotatable bonds is 6. The van der Waals surface area contributed by atoms with Gasteiger partial charge in [0.15, 0.2) is 0 Å². The van der Waals surface area contributed by atoms with Crippen LogP contribution in [0.3, 0.4) is 0 Å². The fourth-order valence-electron chi connectivity index (χ4n) is 3.25. The molecule has 1 N–H and O–H groups in total. The number of thiophene rings is 1. The predicted molar refractivity (Wildman–Crippen MR) is 83.0 cm³/mol. The molecule has 1 saturated carbocycles. The van der Waals surface area contributed by atoms with Gasteiger partial charge in [0.25, 0.3) is 0 Å². The van der Waals surface area contributed by atoms with Gasteiger partial charge in [0, 0.05) is 16.3 Å². The summed E-state index contributed by atoms with van der Waals surface area (Å²) in [5.74, 6) is 2.77. The maximum atomic E-state index is 5.33. The molecule has 2 rings (SSSR count). The Morgan fingerprint density at radius 3 is 2.58 bits per heavy atom. The molecule has 0 aromatic carbocycles.